The fourth-order valence-electron chi connectivity index (χ4n) is 3.91. The van der Waals surface area contributed by atoms with Gasteiger partial charge in [0.25, 0.3) is 0 Å². The largest absolute Gasteiger partial charge is 0.493 e. The van der Waals surface area contributed by atoms with Crippen molar-refractivity contribution in [3.63, 3.8) is 0 Å². The van der Waals surface area contributed by atoms with Crippen LogP contribution in [0.1, 0.15) is 25.5 Å². The van der Waals surface area contributed by atoms with Crippen LogP contribution in [-0.2, 0) is 9.53 Å². The van der Waals surface area contributed by atoms with Crippen molar-refractivity contribution < 1.29 is 33.2 Å². The van der Waals surface area contributed by atoms with Crippen LogP contribution in [0.2, 0.25) is 0 Å². The molecule has 2 aromatic rings. The Bertz CT molecular complexity index is 953. The highest BCUT2D eigenvalue weighted by molar-refractivity contribution is 5.83. The Labute approximate surface area is 169 Å². The van der Waals surface area contributed by atoms with E-state index in [2.05, 4.69) is 0 Å². The van der Waals surface area contributed by atoms with E-state index >= 15 is 0 Å². The minimum Gasteiger partial charge on any atom is -0.493 e. The molecule has 0 aliphatic carbocycles. The summed E-state index contributed by atoms with van der Waals surface area (Å²) in [6, 6.07) is 7.52. The average molecular weight is 400 g/mol. The molecule has 3 atom stereocenters. The highest BCUT2D eigenvalue weighted by Gasteiger charge is 2.42. The second-order valence-corrected chi connectivity index (χ2v) is 7.18. The molecule has 0 spiro atoms. The lowest BCUT2D eigenvalue weighted by Crippen LogP contribution is -2.11. The molecular weight excluding hydrogens is 376 g/mol. The summed E-state index contributed by atoms with van der Waals surface area (Å²) in [7, 11) is 4.70. The van der Waals surface area contributed by atoms with Crippen LogP contribution in [0.25, 0.3) is 11.1 Å². The summed E-state index contributed by atoms with van der Waals surface area (Å²) in [4.78, 5) is 12.3. The van der Waals surface area contributed by atoms with Crippen LogP contribution in [0.15, 0.2) is 24.3 Å². The van der Waals surface area contributed by atoms with E-state index in [1.54, 1.807) is 21.3 Å². The molecule has 7 nitrogen and oxygen atoms in total. The molecule has 29 heavy (non-hydrogen) atoms. The Morgan fingerprint density at radius 2 is 1.66 bits per heavy atom. The van der Waals surface area contributed by atoms with Gasteiger partial charge in [-0.1, -0.05) is 19.9 Å². The number of cyclic esters (lactones) is 1. The van der Waals surface area contributed by atoms with Crippen LogP contribution in [-0.4, -0.2) is 34.1 Å². The summed E-state index contributed by atoms with van der Waals surface area (Å²) >= 11 is 0. The van der Waals surface area contributed by atoms with Crippen molar-refractivity contribution in [3.05, 3.63) is 29.8 Å². The first kappa shape index (κ1) is 19.2. The fourth-order valence-corrected chi connectivity index (χ4v) is 3.91. The Morgan fingerprint density at radius 3 is 2.28 bits per heavy atom. The molecule has 1 saturated heterocycles. The molecule has 0 aromatic heterocycles. The maximum atomic E-state index is 12.3. The molecule has 0 amide bonds. The number of benzene rings is 2. The molecule has 2 heterocycles. The molecule has 1 fully saturated rings. The van der Waals surface area contributed by atoms with Gasteiger partial charge in [0.1, 0.15) is 6.10 Å². The molecule has 2 aromatic carbocycles. The van der Waals surface area contributed by atoms with E-state index in [9.17, 15) is 4.79 Å². The Hall–Kier alpha value is -3.09. The van der Waals surface area contributed by atoms with Crippen LogP contribution >= 0.6 is 0 Å². The summed E-state index contributed by atoms with van der Waals surface area (Å²) in [6.45, 7) is 4.07. The van der Waals surface area contributed by atoms with E-state index in [1.165, 1.54) is 0 Å². The quantitative estimate of drug-likeness (QED) is 0.703. The fraction of sp³-hybridized carbons (Fsp3) is 0.409. The normalized spacial score (nSPS) is 22.4. The first-order chi connectivity index (χ1) is 14.0. The Balaban J connectivity index is 1.97. The number of esters is 1. The maximum Gasteiger partial charge on any atom is 0.309 e. The van der Waals surface area contributed by atoms with Gasteiger partial charge in [-0.2, -0.15) is 0 Å². The predicted octanol–water partition coefficient (Wildman–Crippen LogP) is 3.98. The van der Waals surface area contributed by atoms with E-state index in [-0.39, 0.29) is 24.6 Å². The first-order valence-corrected chi connectivity index (χ1v) is 9.43. The van der Waals surface area contributed by atoms with Crippen molar-refractivity contribution in [1.29, 1.82) is 0 Å². The minimum atomic E-state index is -0.438. The van der Waals surface area contributed by atoms with Crippen LogP contribution in [0.3, 0.4) is 0 Å². The maximum absolute atomic E-state index is 12.3. The molecule has 0 bridgehead atoms. The highest BCUT2D eigenvalue weighted by Crippen LogP contribution is 2.53. The number of fused-ring (bicyclic) bond motifs is 1. The van der Waals surface area contributed by atoms with Crippen molar-refractivity contribution in [1.82, 2.24) is 0 Å². The lowest BCUT2D eigenvalue weighted by molar-refractivity contribution is -0.144. The molecular formula is C22H24O7. The molecule has 2 aliphatic rings. The van der Waals surface area contributed by atoms with Crippen LogP contribution in [0, 0.1) is 11.8 Å². The van der Waals surface area contributed by atoms with Gasteiger partial charge in [0.2, 0.25) is 12.5 Å². The van der Waals surface area contributed by atoms with Gasteiger partial charge in [-0.3, -0.25) is 4.79 Å². The summed E-state index contributed by atoms with van der Waals surface area (Å²) in [6.07, 6.45) is -0.438. The Morgan fingerprint density at radius 1 is 0.931 bits per heavy atom. The molecule has 0 unspecified atom stereocenters. The highest BCUT2D eigenvalue weighted by atomic mass is 16.7. The smallest absolute Gasteiger partial charge is 0.309 e. The number of ether oxygens (including phenoxy) is 6. The Kier molecular flexibility index (Phi) is 4.90. The summed E-state index contributed by atoms with van der Waals surface area (Å²) in [5, 5.41) is 0. The number of carbonyl (C=O) groups is 1. The van der Waals surface area contributed by atoms with Crippen molar-refractivity contribution in [2.75, 3.05) is 28.1 Å². The zero-order chi connectivity index (χ0) is 20.7. The van der Waals surface area contributed by atoms with E-state index in [4.69, 9.17) is 28.4 Å². The SMILES string of the molecule is COc1cc([C@H]2OC(=O)[C@@H](C)[C@H]2C)c(-c2ccc3c(c2)OCO3)c(OC)c1OC. The summed E-state index contributed by atoms with van der Waals surface area (Å²) in [5.41, 5.74) is 2.40. The zero-order valence-electron chi connectivity index (χ0n) is 17.1. The topological polar surface area (TPSA) is 72.5 Å². The van der Waals surface area contributed by atoms with Crippen molar-refractivity contribution in [2.24, 2.45) is 11.8 Å². The number of hydrogen-bond acceptors (Lipinski definition) is 7. The summed E-state index contributed by atoms with van der Waals surface area (Å²) in [5.74, 6) is 2.38. The first-order valence-electron chi connectivity index (χ1n) is 9.43. The van der Waals surface area contributed by atoms with Crippen molar-refractivity contribution >= 4 is 5.97 Å². The van der Waals surface area contributed by atoms with Gasteiger partial charge >= 0.3 is 5.97 Å². The third-order valence-electron chi connectivity index (χ3n) is 5.71. The number of rotatable bonds is 5. The van der Waals surface area contributed by atoms with Crippen molar-refractivity contribution in [3.8, 4) is 39.9 Å². The summed E-state index contributed by atoms with van der Waals surface area (Å²) < 4.78 is 33.6. The monoisotopic (exact) mass is 400 g/mol. The molecule has 4 rings (SSSR count). The van der Waals surface area contributed by atoms with Crippen LogP contribution < -0.4 is 23.7 Å². The van der Waals surface area contributed by atoms with Crippen LogP contribution in [0.4, 0.5) is 0 Å². The van der Waals surface area contributed by atoms with Gasteiger partial charge in [0, 0.05) is 17.0 Å². The van der Waals surface area contributed by atoms with E-state index in [0.717, 1.165) is 16.7 Å². The molecule has 0 radical (unpaired) electrons. The molecule has 2 aliphatic heterocycles. The predicted molar refractivity (Wildman–Crippen MR) is 105 cm³/mol. The molecule has 154 valence electrons. The van der Waals surface area contributed by atoms with Crippen LogP contribution in [0.5, 0.6) is 28.7 Å². The second-order valence-electron chi connectivity index (χ2n) is 7.18. The third kappa shape index (κ3) is 3.01. The molecule has 0 N–H and O–H groups in total. The van der Waals surface area contributed by atoms with Gasteiger partial charge < -0.3 is 28.4 Å². The van der Waals surface area contributed by atoms with E-state index in [0.29, 0.717) is 28.7 Å². The average Bonchev–Trinajstić information content (AvgIpc) is 3.31. The number of methoxy groups -OCH3 is 3. The molecule has 7 heteroatoms. The number of hydrogen-bond donors (Lipinski definition) is 0. The second kappa shape index (κ2) is 7.39. The lowest BCUT2D eigenvalue weighted by atomic mass is 9.85. The van der Waals surface area contributed by atoms with E-state index < -0.39 is 6.10 Å². The minimum absolute atomic E-state index is 0.0157. The molecule has 0 saturated carbocycles. The number of carbonyl (C=O) groups excluding carboxylic acids is 1. The van der Waals surface area contributed by atoms with Crippen molar-refractivity contribution in [2.45, 2.75) is 20.0 Å². The van der Waals surface area contributed by atoms with E-state index in [1.807, 2.05) is 38.1 Å². The van der Waals surface area contributed by atoms with Gasteiger partial charge in [-0.15, -0.1) is 0 Å². The van der Waals surface area contributed by atoms with Gasteiger partial charge in [-0.05, 0) is 23.8 Å². The third-order valence-corrected chi connectivity index (χ3v) is 5.71. The standard InChI is InChI=1S/C22H24O7/c1-11-12(2)22(23)29-19(11)14-9-17(24-3)20(25-4)21(26-5)18(14)13-6-7-15-16(8-13)28-10-27-15/h6-9,11-12,19H,10H2,1-5H3/t11-,12+,19+/m1/s1. The van der Waals surface area contributed by atoms with Gasteiger partial charge in [-0.25, -0.2) is 0 Å². The van der Waals surface area contributed by atoms with Gasteiger partial charge in [0.05, 0.1) is 27.2 Å². The zero-order valence-corrected chi connectivity index (χ0v) is 17.1. The lowest BCUT2D eigenvalue weighted by Gasteiger charge is -2.24. The van der Waals surface area contributed by atoms with Gasteiger partial charge in [0.15, 0.2) is 23.0 Å².